The number of hydrogen-bond donors (Lipinski definition) is 1. The molecular weight excluding hydrogens is 430 g/mol. The number of furan rings is 1. The maximum Gasteiger partial charge on any atom is 0.218 e. The third-order valence-corrected chi connectivity index (χ3v) is 7.43. The minimum Gasteiger partial charge on any atom is -0.461 e. The summed E-state index contributed by atoms with van der Waals surface area (Å²) in [5.74, 6) is 8.00. The lowest BCUT2D eigenvalue weighted by molar-refractivity contribution is 0.574. The lowest BCUT2D eigenvalue weighted by Gasteiger charge is -2.12. The van der Waals surface area contributed by atoms with Crippen LogP contribution >= 0.6 is 23.1 Å². The van der Waals surface area contributed by atoms with E-state index in [4.69, 9.17) is 20.2 Å². The van der Waals surface area contributed by atoms with Gasteiger partial charge in [-0.05, 0) is 67.3 Å². The molecule has 1 aliphatic carbocycles. The average Bonchev–Trinajstić information content (AvgIpc) is 3.53. The van der Waals surface area contributed by atoms with Gasteiger partial charge in [0, 0.05) is 28.2 Å². The lowest BCUT2D eigenvalue weighted by Crippen LogP contribution is -2.11. The van der Waals surface area contributed by atoms with Crippen LogP contribution in [0.4, 0.5) is 0 Å². The van der Waals surface area contributed by atoms with E-state index in [-0.39, 0.29) is 0 Å². The topological polar surface area (TPSA) is 109 Å². The number of aromatic nitrogens is 6. The van der Waals surface area contributed by atoms with Crippen molar-refractivity contribution in [3.8, 4) is 23.0 Å². The van der Waals surface area contributed by atoms with Gasteiger partial charge in [0.05, 0.1) is 6.26 Å². The fourth-order valence-corrected chi connectivity index (χ4v) is 6.05. The first-order valence-corrected chi connectivity index (χ1v) is 11.6. The van der Waals surface area contributed by atoms with Crippen molar-refractivity contribution in [3.63, 3.8) is 0 Å². The van der Waals surface area contributed by atoms with E-state index in [1.54, 1.807) is 42.1 Å². The van der Waals surface area contributed by atoms with Gasteiger partial charge in [0.1, 0.15) is 9.86 Å². The standard InChI is InChI=1S/C21H17N7OS2/c22-28-18(14-7-4-10-29-14)26-27-21(28)31-20-16-13-6-1-2-8-15(13)30-19(16)24-17(25-20)12-5-3-9-23-11-12/h3-5,7,9-11H,1-2,6,8,22H2. The molecule has 0 saturated heterocycles. The van der Waals surface area contributed by atoms with Crippen LogP contribution in [0.15, 0.2) is 57.5 Å². The molecule has 2 N–H and O–H groups in total. The Balaban J connectivity index is 1.51. The zero-order valence-corrected chi connectivity index (χ0v) is 18.0. The number of aryl methyl sites for hydroxylation is 2. The normalized spacial score (nSPS) is 13.5. The summed E-state index contributed by atoms with van der Waals surface area (Å²) >= 11 is 3.17. The van der Waals surface area contributed by atoms with E-state index < -0.39 is 0 Å². The van der Waals surface area contributed by atoms with Crippen molar-refractivity contribution in [2.24, 2.45) is 0 Å². The Hall–Kier alpha value is -3.24. The molecule has 1 aliphatic rings. The van der Waals surface area contributed by atoms with Crippen molar-refractivity contribution in [1.82, 2.24) is 29.8 Å². The van der Waals surface area contributed by atoms with Crippen molar-refractivity contribution < 1.29 is 4.42 Å². The summed E-state index contributed by atoms with van der Waals surface area (Å²) in [5, 5.41) is 11.0. The van der Waals surface area contributed by atoms with E-state index in [9.17, 15) is 0 Å². The van der Waals surface area contributed by atoms with Crippen LogP contribution in [0, 0.1) is 0 Å². The molecule has 0 saturated carbocycles. The molecule has 0 unspecified atom stereocenters. The fraction of sp³-hybridized carbons (Fsp3) is 0.190. The van der Waals surface area contributed by atoms with E-state index in [2.05, 4.69) is 15.2 Å². The molecule has 0 atom stereocenters. The summed E-state index contributed by atoms with van der Waals surface area (Å²) < 4.78 is 6.87. The van der Waals surface area contributed by atoms with E-state index in [0.717, 1.165) is 33.6 Å². The number of pyridine rings is 1. The van der Waals surface area contributed by atoms with Gasteiger partial charge < -0.3 is 10.3 Å². The van der Waals surface area contributed by atoms with Crippen LogP contribution in [-0.4, -0.2) is 29.8 Å². The van der Waals surface area contributed by atoms with Gasteiger partial charge in [-0.15, -0.1) is 21.5 Å². The molecule has 8 nitrogen and oxygen atoms in total. The molecule has 0 aliphatic heterocycles. The molecule has 5 heterocycles. The van der Waals surface area contributed by atoms with E-state index in [1.807, 2.05) is 12.1 Å². The summed E-state index contributed by atoms with van der Waals surface area (Å²) in [5.41, 5.74) is 2.24. The molecule has 0 aromatic carbocycles. The highest BCUT2D eigenvalue weighted by Gasteiger charge is 2.24. The Morgan fingerprint density at radius 1 is 1.10 bits per heavy atom. The lowest BCUT2D eigenvalue weighted by atomic mass is 9.97. The highest BCUT2D eigenvalue weighted by atomic mass is 32.2. The van der Waals surface area contributed by atoms with Crippen molar-refractivity contribution in [3.05, 3.63) is 53.4 Å². The maximum atomic E-state index is 6.31. The number of hydrogen-bond acceptors (Lipinski definition) is 9. The van der Waals surface area contributed by atoms with Crippen molar-refractivity contribution in [2.75, 3.05) is 5.84 Å². The largest absolute Gasteiger partial charge is 0.461 e. The Bertz CT molecular complexity index is 1380. The van der Waals surface area contributed by atoms with Crippen LogP contribution in [0.3, 0.4) is 0 Å². The number of nitrogens with two attached hydrogens (primary N) is 1. The summed E-state index contributed by atoms with van der Waals surface area (Å²) in [6.45, 7) is 0. The van der Waals surface area contributed by atoms with E-state index >= 15 is 0 Å². The Labute approximate surface area is 185 Å². The van der Waals surface area contributed by atoms with Crippen LogP contribution in [0.25, 0.3) is 33.2 Å². The molecule has 0 fully saturated rings. The number of fused-ring (bicyclic) bond motifs is 3. The number of rotatable bonds is 4. The summed E-state index contributed by atoms with van der Waals surface area (Å²) in [4.78, 5) is 16.4. The van der Waals surface area contributed by atoms with Crippen molar-refractivity contribution in [1.29, 1.82) is 0 Å². The number of thiophene rings is 1. The molecule has 10 heteroatoms. The third-order valence-electron chi connectivity index (χ3n) is 5.30. The first-order chi connectivity index (χ1) is 15.3. The molecule has 5 aromatic rings. The van der Waals surface area contributed by atoms with Gasteiger partial charge in [-0.25, -0.2) is 14.6 Å². The number of nitrogen functional groups attached to an aromatic ring is 1. The number of nitrogens with zero attached hydrogens (tertiary/aromatic N) is 6. The Morgan fingerprint density at radius 2 is 2.03 bits per heavy atom. The van der Waals surface area contributed by atoms with Gasteiger partial charge in [0.15, 0.2) is 11.6 Å². The molecule has 0 radical (unpaired) electrons. The van der Waals surface area contributed by atoms with Gasteiger partial charge in [-0.1, -0.05) is 0 Å². The predicted molar refractivity (Wildman–Crippen MR) is 119 cm³/mol. The molecule has 0 spiro atoms. The van der Waals surface area contributed by atoms with Crippen molar-refractivity contribution >= 4 is 33.3 Å². The van der Waals surface area contributed by atoms with Gasteiger partial charge in [-0.2, -0.15) is 0 Å². The van der Waals surface area contributed by atoms with Crippen LogP contribution in [0.2, 0.25) is 0 Å². The first-order valence-electron chi connectivity index (χ1n) is 9.93. The second-order valence-corrected chi connectivity index (χ2v) is 9.28. The van der Waals surface area contributed by atoms with Crippen LogP contribution in [-0.2, 0) is 12.8 Å². The molecule has 5 aromatic heterocycles. The zero-order valence-electron chi connectivity index (χ0n) is 16.4. The summed E-state index contributed by atoms with van der Waals surface area (Å²) in [7, 11) is 0. The highest BCUT2D eigenvalue weighted by Crippen LogP contribution is 2.42. The fourth-order valence-electron chi connectivity index (χ4n) is 3.83. The summed E-state index contributed by atoms with van der Waals surface area (Å²) in [6.07, 6.45) is 9.66. The first kappa shape index (κ1) is 18.5. The highest BCUT2D eigenvalue weighted by molar-refractivity contribution is 7.99. The minimum atomic E-state index is 0.470. The van der Waals surface area contributed by atoms with Crippen LogP contribution < -0.4 is 5.84 Å². The molecular formula is C21H17N7OS2. The Morgan fingerprint density at radius 3 is 2.87 bits per heavy atom. The van der Waals surface area contributed by atoms with Crippen LogP contribution in [0.5, 0.6) is 0 Å². The molecule has 6 rings (SSSR count). The van der Waals surface area contributed by atoms with Gasteiger partial charge >= 0.3 is 0 Å². The minimum absolute atomic E-state index is 0.470. The molecule has 0 amide bonds. The second kappa shape index (κ2) is 7.47. The van der Waals surface area contributed by atoms with Crippen molar-refractivity contribution in [2.45, 2.75) is 35.9 Å². The quantitative estimate of drug-likeness (QED) is 0.320. The van der Waals surface area contributed by atoms with Gasteiger partial charge in [0.2, 0.25) is 11.0 Å². The zero-order chi connectivity index (χ0) is 20.8. The van der Waals surface area contributed by atoms with Gasteiger partial charge in [-0.3, -0.25) is 4.98 Å². The monoisotopic (exact) mass is 447 g/mol. The van der Waals surface area contributed by atoms with Crippen LogP contribution in [0.1, 0.15) is 23.3 Å². The Kier molecular flexibility index (Phi) is 4.46. The van der Waals surface area contributed by atoms with E-state index in [0.29, 0.717) is 22.6 Å². The maximum absolute atomic E-state index is 6.31. The molecule has 154 valence electrons. The molecule has 0 bridgehead atoms. The van der Waals surface area contributed by atoms with E-state index in [1.165, 1.54) is 39.7 Å². The predicted octanol–water partition coefficient (Wildman–Crippen LogP) is 4.35. The second-order valence-electron chi connectivity index (χ2n) is 7.24. The average molecular weight is 448 g/mol. The smallest absolute Gasteiger partial charge is 0.218 e. The summed E-state index contributed by atoms with van der Waals surface area (Å²) in [6, 6.07) is 7.46. The van der Waals surface area contributed by atoms with Gasteiger partial charge in [0.25, 0.3) is 0 Å². The SMILES string of the molecule is Nn1c(Sc2nc(-c3cccnc3)nc3sc4c(c23)CCCC4)nnc1-c1ccco1. The third kappa shape index (κ3) is 3.19. The molecule has 31 heavy (non-hydrogen) atoms.